The fourth-order valence-electron chi connectivity index (χ4n) is 5.24. The van der Waals surface area contributed by atoms with E-state index in [9.17, 15) is 63.0 Å². The summed E-state index contributed by atoms with van der Waals surface area (Å²) in [4.78, 5) is 87.7. The lowest BCUT2D eigenvalue weighted by Crippen LogP contribution is -2.46. The van der Waals surface area contributed by atoms with E-state index < -0.39 is 84.6 Å². The van der Waals surface area contributed by atoms with Crippen LogP contribution in [0.4, 0.5) is 5.82 Å². The van der Waals surface area contributed by atoms with Crippen LogP contribution in [0.25, 0.3) is 11.2 Å². The van der Waals surface area contributed by atoms with Crippen molar-refractivity contribution in [2.24, 2.45) is 5.41 Å². The maximum Gasteiger partial charge on any atom is 0.481 e. The molecule has 11 N–H and O–H groups in total. The molecule has 0 radical (unpaired) electrons. The number of thioether (sulfide) groups is 1. The first kappa shape index (κ1) is 50.5. The number of nitrogens with two attached hydrogens (primary N) is 1. The van der Waals surface area contributed by atoms with Gasteiger partial charge in [-0.1, -0.05) is 32.5 Å². The van der Waals surface area contributed by atoms with Crippen LogP contribution in [0.3, 0.4) is 0 Å². The Bertz CT molecular complexity index is 1930. The number of ether oxygens (including phenoxy) is 1. The predicted octanol–water partition coefficient (Wildman–Crippen LogP) is 1.08. The van der Waals surface area contributed by atoms with Crippen LogP contribution in [0.2, 0.25) is 0 Å². The summed E-state index contributed by atoms with van der Waals surface area (Å²) in [5.41, 5.74) is 4.25. The number of nitrogen functional groups attached to an aromatic ring is 1. The number of fused-ring (bicyclic) bond motifs is 1. The van der Waals surface area contributed by atoms with Crippen molar-refractivity contribution in [3.05, 3.63) is 24.5 Å². The number of carbonyl (C=O) groups excluding carboxylic acids is 3. The lowest BCUT2D eigenvalue weighted by atomic mass is 9.87. The van der Waals surface area contributed by atoms with E-state index in [0.29, 0.717) is 37.2 Å². The molecule has 1 aliphatic heterocycles. The number of phosphoric acid groups is 3. The first-order valence-electron chi connectivity index (χ1n) is 17.9. The van der Waals surface area contributed by atoms with Crippen molar-refractivity contribution in [1.29, 1.82) is 0 Å². The van der Waals surface area contributed by atoms with Gasteiger partial charge in [-0.2, -0.15) is 4.31 Å². The van der Waals surface area contributed by atoms with Gasteiger partial charge in [0.05, 0.1) is 25.3 Å². The molecule has 0 saturated carbocycles. The number of hydrogen-bond donors (Lipinski definition) is 10. The molecule has 59 heavy (non-hydrogen) atoms. The zero-order chi connectivity index (χ0) is 44.2. The lowest BCUT2D eigenvalue weighted by molar-refractivity contribution is -0.137. The molecule has 2 aromatic rings. The standard InChI is InChI=1S/C30H50N7O18P3S/c1-4-7-18(38)8-5-6-9-21(40)59-13-12-32-20(39)10-11-33-28(43)25(42)30(2,3)15-52-58(49,50)55-57(47,48)51-14-19-24(54-56(44,45)46)23(41)29(53-19)37-17-36-22-26(31)34-16-35-27(22)37/h8,16-17,19,23-25,29,38,41-42H,4-7,9-15H2,1-3H3,(H,32,39)(H,33,43)(H,47,48)(H,49,50)(H2,31,34,35)(H2,44,45,46)/b18-8-. The second-order valence-electron chi connectivity index (χ2n) is 13.6. The van der Waals surface area contributed by atoms with Gasteiger partial charge in [-0.05, 0) is 25.3 Å². The zero-order valence-electron chi connectivity index (χ0n) is 32.1. The van der Waals surface area contributed by atoms with Crippen LogP contribution in [0, 0.1) is 5.41 Å². The van der Waals surface area contributed by atoms with Crippen LogP contribution in [0.5, 0.6) is 0 Å². The molecule has 7 unspecified atom stereocenters. The summed E-state index contributed by atoms with van der Waals surface area (Å²) in [7, 11) is -16.4. The summed E-state index contributed by atoms with van der Waals surface area (Å²) in [5, 5.41) is 35.9. The minimum atomic E-state index is -5.58. The Balaban J connectivity index is 1.43. The molecule has 0 aliphatic carbocycles. The van der Waals surface area contributed by atoms with Crippen molar-refractivity contribution in [3.63, 3.8) is 0 Å². The van der Waals surface area contributed by atoms with Gasteiger partial charge < -0.3 is 56.0 Å². The number of nitrogens with zero attached hydrogens (tertiary/aromatic N) is 4. The molecule has 2 aromatic heterocycles. The Morgan fingerprint density at radius 1 is 1.05 bits per heavy atom. The summed E-state index contributed by atoms with van der Waals surface area (Å²) < 4.78 is 62.1. The van der Waals surface area contributed by atoms with E-state index in [1.807, 2.05) is 6.92 Å². The van der Waals surface area contributed by atoms with E-state index in [1.165, 1.54) is 13.8 Å². The second-order valence-corrected chi connectivity index (χ2v) is 19.0. The maximum absolute atomic E-state index is 12.7. The van der Waals surface area contributed by atoms with E-state index in [1.54, 1.807) is 6.08 Å². The predicted molar refractivity (Wildman–Crippen MR) is 207 cm³/mol. The number of aliphatic hydroxyl groups is 3. The number of unbranched alkanes of at least 4 members (excludes halogenated alkanes) is 1. The minimum Gasteiger partial charge on any atom is -0.513 e. The quantitative estimate of drug-likeness (QED) is 0.0378. The highest BCUT2D eigenvalue weighted by Crippen LogP contribution is 2.61. The molecule has 7 atom stereocenters. The summed E-state index contributed by atoms with van der Waals surface area (Å²) in [5.74, 6) is -0.855. The molecule has 1 saturated heterocycles. The molecule has 0 aromatic carbocycles. The van der Waals surface area contributed by atoms with Gasteiger partial charge in [0.1, 0.15) is 36.3 Å². The topological polar surface area (TPSA) is 384 Å². The van der Waals surface area contributed by atoms with Crippen LogP contribution in [0.15, 0.2) is 24.5 Å². The van der Waals surface area contributed by atoms with Gasteiger partial charge >= 0.3 is 23.5 Å². The number of anilines is 1. The van der Waals surface area contributed by atoms with Gasteiger partial charge in [0.25, 0.3) is 0 Å². The first-order chi connectivity index (χ1) is 27.4. The van der Waals surface area contributed by atoms with Crippen LogP contribution in [-0.4, -0.2) is 128 Å². The smallest absolute Gasteiger partial charge is 0.481 e. The average Bonchev–Trinajstić information content (AvgIpc) is 3.70. The highest BCUT2D eigenvalue weighted by molar-refractivity contribution is 8.13. The summed E-state index contributed by atoms with van der Waals surface area (Å²) >= 11 is 1.06. The first-order valence-corrected chi connectivity index (χ1v) is 23.4. The largest absolute Gasteiger partial charge is 0.513 e. The van der Waals surface area contributed by atoms with Crippen molar-refractivity contribution in [2.75, 3.05) is 37.8 Å². The number of phosphoric ester groups is 3. The summed E-state index contributed by atoms with van der Waals surface area (Å²) in [6.07, 6.45) is -2.37. The molecule has 1 fully saturated rings. The molecule has 0 bridgehead atoms. The van der Waals surface area contributed by atoms with Gasteiger partial charge in [0, 0.05) is 43.5 Å². The number of allylic oxidation sites excluding steroid dienone is 2. The molecule has 3 heterocycles. The number of rotatable bonds is 25. The van der Waals surface area contributed by atoms with Crippen LogP contribution in [0.1, 0.15) is 65.5 Å². The molecule has 25 nitrogen and oxygen atoms in total. The summed E-state index contributed by atoms with van der Waals surface area (Å²) in [6.45, 7) is 2.38. The number of hydrogen-bond acceptors (Lipinski definition) is 19. The SMILES string of the molecule is CCC/C(O)=C/CCCC(=O)SCCNC(=O)CCNC(=O)C(O)C(C)(C)COP(=O)(O)OP(=O)(O)OCC1OC(n2cnc3c(N)ncnc32)C(O)C1OP(=O)(O)O. The fourth-order valence-corrected chi connectivity index (χ4v) is 8.79. The van der Waals surface area contributed by atoms with Crippen molar-refractivity contribution in [2.45, 2.75) is 89.9 Å². The number of nitrogens with one attached hydrogen (secondary N) is 2. The second kappa shape index (κ2) is 22.3. The Kier molecular flexibility index (Phi) is 19.0. The maximum atomic E-state index is 12.7. The molecule has 0 spiro atoms. The van der Waals surface area contributed by atoms with E-state index in [-0.39, 0.29) is 41.6 Å². The molecule has 3 rings (SSSR count). The monoisotopic (exact) mass is 921 g/mol. The van der Waals surface area contributed by atoms with E-state index in [2.05, 4.69) is 34.4 Å². The van der Waals surface area contributed by atoms with Crippen molar-refractivity contribution >= 4 is 69.1 Å². The average molecular weight is 922 g/mol. The minimum absolute atomic E-state index is 0.0271. The third kappa shape index (κ3) is 16.5. The van der Waals surface area contributed by atoms with Gasteiger partial charge in [0.15, 0.2) is 22.8 Å². The highest BCUT2D eigenvalue weighted by Gasteiger charge is 2.50. The lowest BCUT2D eigenvalue weighted by Gasteiger charge is -2.30. The molecule has 2 amide bonds. The molecular weight excluding hydrogens is 871 g/mol. The highest BCUT2D eigenvalue weighted by atomic mass is 32.2. The Labute approximate surface area is 341 Å². The number of imidazole rings is 1. The molecule has 29 heteroatoms. The van der Waals surface area contributed by atoms with E-state index >= 15 is 0 Å². The van der Waals surface area contributed by atoms with Crippen LogP contribution < -0.4 is 16.4 Å². The molecule has 334 valence electrons. The van der Waals surface area contributed by atoms with Gasteiger partial charge in [-0.3, -0.25) is 32.5 Å². The Morgan fingerprint density at radius 3 is 2.42 bits per heavy atom. The molecular formula is C30H50N7O18P3S. The van der Waals surface area contributed by atoms with Gasteiger partial charge in [0.2, 0.25) is 11.8 Å². The van der Waals surface area contributed by atoms with Crippen molar-refractivity contribution < 1.29 is 85.6 Å². The third-order valence-electron chi connectivity index (χ3n) is 8.24. The van der Waals surface area contributed by atoms with Gasteiger partial charge in [-0.25, -0.2) is 28.6 Å². The normalized spacial score (nSPS) is 21.5. The summed E-state index contributed by atoms with van der Waals surface area (Å²) in [6, 6.07) is 0. The third-order valence-corrected chi connectivity index (χ3v) is 12.3. The number of carbonyl (C=O) groups is 3. The van der Waals surface area contributed by atoms with Crippen molar-refractivity contribution in [1.82, 2.24) is 30.2 Å². The van der Waals surface area contributed by atoms with Gasteiger partial charge in [-0.15, -0.1) is 0 Å². The van der Waals surface area contributed by atoms with Crippen LogP contribution >= 0.6 is 35.2 Å². The number of aliphatic hydroxyl groups excluding tert-OH is 3. The fraction of sp³-hybridized carbons (Fsp3) is 0.667. The number of aromatic nitrogens is 4. The van der Waals surface area contributed by atoms with E-state index in [4.69, 9.17) is 19.5 Å². The van der Waals surface area contributed by atoms with Crippen molar-refractivity contribution in [3.8, 4) is 0 Å². The Morgan fingerprint density at radius 2 is 1.75 bits per heavy atom. The Hall–Kier alpha value is -2.90. The number of amides is 2. The zero-order valence-corrected chi connectivity index (χ0v) is 35.6. The molecule has 1 aliphatic rings. The van der Waals surface area contributed by atoms with E-state index in [0.717, 1.165) is 35.4 Å². The van der Waals surface area contributed by atoms with Crippen LogP contribution in [-0.2, 0) is 50.7 Å².